The number of nitrogens with one attached hydrogen (secondary N) is 1. The van der Waals surface area contributed by atoms with Crippen molar-refractivity contribution in [1.82, 2.24) is 10.2 Å². The van der Waals surface area contributed by atoms with Crippen molar-refractivity contribution in [2.24, 2.45) is 5.92 Å². The molecule has 1 atom stereocenters. The number of hydrogen-bond donors (Lipinski definition) is 1. The van der Waals surface area contributed by atoms with Gasteiger partial charge in [0.15, 0.2) is 0 Å². The summed E-state index contributed by atoms with van der Waals surface area (Å²) in [4.78, 5) is 27.7. The third-order valence-electron chi connectivity index (χ3n) is 5.60. The molecule has 1 unspecified atom stereocenters. The van der Waals surface area contributed by atoms with E-state index in [0.29, 0.717) is 24.2 Å². The Balaban J connectivity index is 2.19. The van der Waals surface area contributed by atoms with Gasteiger partial charge in [-0.05, 0) is 60.7 Å². The Bertz CT molecular complexity index is 1110. The van der Waals surface area contributed by atoms with Gasteiger partial charge in [-0.1, -0.05) is 32.9 Å². The highest BCUT2D eigenvalue weighted by atomic mass is 32.2. The van der Waals surface area contributed by atoms with E-state index in [4.69, 9.17) is 0 Å². The minimum atomic E-state index is -3.67. The number of benzene rings is 2. The predicted octanol–water partition coefficient (Wildman–Crippen LogP) is 4.09. The Morgan fingerprint density at radius 2 is 1.53 bits per heavy atom. The van der Waals surface area contributed by atoms with E-state index in [0.717, 1.165) is 10.6 Å². The SMILES string of the molecule is CCC(C(=O)NCC(C)C)N(Cc1ccc(F)cc1)C(=O)CCCN(c1ccc(F)cc1)S(C)(=O)=O. The molecule has 36 heavy (non-hydrogen) atoms. The first-order valence-corrected chi connectivity index (χ1v) is 13.8. The third kappa shape index (κ3) is 8.89. The summed E-state index contributed by atoms with van der Waals surface area (Å²) in [5.41, 5.74) is 0.970. The molecule has 2 aromatic rings. The second kappa shape index (κ2) is 13.3. The number of rotatable bonds is 13. The van der Waals surface area contributed by atoms with E-state index in [9.17, 15) is 26.8 Å². The van der Waals surface area contributed by atoms with Crippen molar-refractivity contribution >= 4 is 27.5 Å². The van der Waals surface area contributed by atoms with Crippen LogP contribution in [0, 0.1) is 17.6 Å². The number of nitrogens with zero attached hydrogens (tertiary/aromatic N) is 2. The molecule has 1 N–H and O–H groups in total. The maximum absolute atomic E-state index is 13.4. The zero-order valence-electron chi connectivity index (χ0n) is 21.2. The Hall–Kier alpha value is -3.01. The number of carbonyl (C=O) groups excluding carboxylic acids is 2. The normalized spacial score (nSPS) is 12.3. The Morgan fingerprint density at radius 1 is 0.972 bits per heavy atom. The van der Waals surface area contributed by atoms with Crippen LogP contribution in [0.4, 0.5) is 14.5 Å². The van der Waals surface area contributed by atoms with Crippen molar-refractivity contribution in [3.63, 3.8) is 0 Å². The quantitative estimate of drug-likeness (QED) is 0.429. The summed E-state index contributed by atoms with van der Waals surface area (Å²) in [5.74, 6) is -1.24. The number of halogens is 2. The molecule has 0 spiro atoms. The average molecular weight is 524 g/mol. The average Bonchev–Trinajstić information content (AvgIpc) is 2.81. The maximum atomic E-state index is 13.4. The minimum absolute atomic E-state index is 0.0108. The first-order chi connectivity index (χ1) is 16.9. The fourth-order valence-corrected chi connectivity index (χ4v) is 4.71. The molecule has 198 valence electrons. The summed E-state index contributed by atoms with van der Waals surface area (Å²) < 4.78 is 52.4. The van der Waals surface area contributed by atoms with Crippen molar-refractivity contribution in [3.8, 4) is 0 Å². The van der Waals surface area contributed by atoms with Gasteiger partial charge in [-0.2, -0.15) is 0 Å². The largest absolute Gasteiger partial charge is 0.354 e. The topological polar surface area (TPSA) is 86.8 Å². The molecule has 0 heterocycles. The molecule has 0 fully saturated rings. The minimum Gasteiger partial charge on any atom is -0.354 e. The van der Waals surface area contributed by atoms with Gasteiger partial charge in [0.05, 0.1) is 11.9 Å². The molecular weight excluding hydrogens is 488 g/mol. The second-order valence-electron chi connectivity index (χ2n) is 9.13. The van der Waals surface area contributed by atoms with Crippen LogP contribution >= 0.6 is 0 Å². The molecule has 0 aliphatic heterocycles. The van der Waals surface area contributed by atoms with Crippen LogP contribution in [0.25, 0.3) is 0 Å². The van der Waals surface area contributed by atoms with Crippen LogP contribution in [-0.2, 0) is 26.2 Å². The monoisotopic (exact) mass is 523 g/mol. The molecule has 0 aliphatic carbocycles. The van der Waals surface area contributed by atoms with E-state index in [1.165, 1.54) is 41.3 Å². The van der Waals surface area contributed by atoms with Crippen molar-refractivity contribution in [3.05, 3.63) is 65.7 Å². The number of amides is 2. The summed E-state index contributed by atoms with van der Waals surface area (Å²) in [5, 5.41) is 2.87. The molecule has 2 aromatic carbocycles. The smallest absolute Gasteiger partial charge is 0.242 e. The van der Waals surface area contributed by atoms with Crippen LogP contribution in [0.3, 0.4) is 0 Å². The summed E-state index contributed by atoms with van der Waals surface area (Å²) in [6.45, 7) is 6.34. The highest BCUT2D eigenvalue weighted by molar-refractivity contribution is 7.92. The number of carbonyl (C=O) groups is 2. The highest BCUT2D eigenvalue weighted by Crippen LogP contribution is 2.20. The zero-order valence-corrected chi connectivity index (χ0v) is 22.0. The van der Waals surface area contributed by atoms with Crippen LogP contribution in [0.5, 0.6) is 0 Å². The van der Waals surface area contributed by atoms with Gasteiger partial charge in [0.1, 0.15) is 17.7 Å². The summed E-state index contributed by atoms with van der Waals surface area (Å²) >= 11 is 0. The molecule has 0 aliphatic rings. The van der Waals surface area contributed by atoms with Gasteiger partial charge in [-0.15, -0.1) is 0 Å². The van der Waals surface area contributed by atoms with E-state index in [1.54, 1.807) is 12.1 Å². The van der Waals surface area contributed by atoms with Gasteiger partial charge in [0.2, 0.25) is 21.8 Å². The zero-order chi connectivity index (χ0) is 26.9. The summed E-state index contributed by atoms with van der Waals surface area (Å²) in [6, 6.07) is 10.1. The third-order valence-corrected chi connectivity index (χ3v) is 6.80. The van der Waals surface area contributed by atoms with Crippen LogP contribution in [0.2, 0.25) is 0 Å². The van der Waals surface area contributed by atoms with Gasteiger partial charge in [-0.25, -0.2) is 17.2 Å². The fraction of sp³-hybridized carbons (Fsp3) is 0.462. The van der Waals surface area contributed by atoms with Crippen LogP contribution in [0.15, 0.2) is 48.5 Å². The van der Waals surface area contributed by atoms with E-state index in [1.807, 2.05) is 20.8 Å². The number of anilines is 1. The Kier molecular flexibility index (Phi) is 10.8. The van der Waals surface area contributed by atoms with E-state index < -0.39 is 27.7 Å². The summed E-state index contributed by atoms with van der Waals surface area (Å²) in [7, 11) is -3.67. The molecule has 0 aromatic heterocycles. The van der Waals surface area contributed by atoms with Crippen molar-refractivity contribution in [2.75, 3.05) is 23.7 Å². The Morgan fingerprint density at radius 3 is 2.03 bits per heavy atom. The van der Waals surface area contributed by atoms with Gasteiger partial charge < -0.3 is 10.2 Å². The first-order valence-electron chi connectivity index (χ1n) is 12.0. The predicted molar refractivity (Wildman–Crippen MR) is 137 cm³/mol. The molecule has 2 amide bonds. The molecular formula is C26H35F2N3O4S. The highest BCUT2D eigenvalue weighted by Gasteiger charge is 2.29. The van der Waals surface area contributed by atoms with Gasteiger partial charge in [0, 0.05) is 26.1 Å². The lowest BCUT2D eigenvalue weighted by atomic mass is 10.1. The van der Waals surface area contributed by atoms with Crippen LogP contribution in [-0.4, -0.2) is 50.5 Å². The number of hydrogen-bond acceptors (Lipinski definition) is 4. The van der Waals surface area contributed by atoms with E-state index in [2.05, 4.69) is 5.32 Å². The fourth-order valence-electron chi connectivity index (χ4n) is 3.74. The molecule has 2 rings (SSSR count). The summed E-state index contributed by atoms with van der Waals surface area (Å²) in [6.07, 6.45) is 1.60. The van der Waals surface area contributed by atoms with E-state index in [-0.39, 0.29) is 43.7 Å². The lowest BCUT2D eigenvalue weighted by Crippen LogP contribution is -2.49. The Labute approximate surface area is 212 Å². The molecule has 10 heteroatoms. The van der Waals surface area contributed by atoms with Gasteiger partial charge in [0.25, 0.3) is 0 Å². The molecule has 7 nitrogen and oxygen atoms in total. The van der Waals surface area contributed by atoms with Crippen LogP contribution in [0.1, 0.15) is 45.6 Å². The number of sulfonamides is 1. The van der Waals surface area contributed by atoms with Crippen molar-refractivity contribution in [1.29, 1.82) is 0 Å². The molecule has 0 saturated carbocycles. The van der Waals surface area contributed by atoms with Gasteiger partial charge >= 0.3 is 0 Å². The standard InChI is InChI=1S/C26H35F2N3O4S/c1-5-24(26(33)29-17-19(2)3)30(18-20-8-10-21(27)11-9-20)25(32)7-6-16-31(36(4,34)35)23-14-12-22(28)13-15-23/h8-15,19,24H,5-7,16-18H2,1-4H3,(H,29,33). The van der Waals surface area contributed by atoms with Crippen molar-refractivity contribution < 1.29 is 26.8 Å². The molecule has 0 saturated heterocycles. The van der Waals surface area contributed by atoms with E-state index >= 15 is 0 Å². The molecule has 0 bridgehead atoms. The second-order valence-corrected chi connectivity index (χ2v) is 11.0. The van der Waals surface area contributed by atoms with Gasteiger partial charge in [-0.3, -0.25) is 13.9 Å². The van der Waals surface area contributed by atoms with Crippen LogP contribution < -0.4 is 9.62 Å². The first kappa shape index (κ1) is 29.2. The lowest BCUT2D eigenvalue weighted by Gasteiger charge is -2.31. The van der Waals surface area contributed by atoms with Crippen molar-refractivity contribution in [2.45, 2.75) is 52.6 Å². The molecule has 0 radical (unpaired) electrons. The lowest BCUT2D eigenvalue weighted by molar-refractivity contribution is -0.141. The maximum Gasteiger partial charge on any atom is 0.242 e.